The van der Waals surface area contributed by atoms with Crippen molar-refractivity contribution in [2.45, 2.75) is 46.3 Å². The molecule has 0 N–H and O–H groups in total. The quantitative estimate of drug-likeness (QED) is 0.766. The summed E-state index contributed by atoms with van der Waals surface area (Å²) in [4.78, 5) is 22.2. The summed E-state index contributed by atoms with van der Waals surface area (Å²) in [5, 5.41) is 0. The third-order valence-corrected chi connectivity index (χ3v) is 2.88. The number of carbonyl (C=O) groups excluding carboxylic acids is 2. The van der Waals surface area contributed by atoms with E-state index < -0.39 is 12.2 Å². The highest BCUT2D eigenvalue weighted by Crippen LogP contribution is 2.15. The molecule has 0 aliphatic carbocycles. The molecule has 4 nitrogen and oxygen atoms in total. The Morgan fingerprint density at radius 3 is 2.21 bits per heavy atom. The Hall–Kier alpha value is -1.84. The van der Waals surface area contributed by atoms with Gasteiger partial charge in [-0.15, -0.1) is 0 Å². The minimum absolute atomic E-state index is 0.377. The maximum Gasteiger partial charge on any atom is 0.303 e. The monoisotopic (exact) mass is 264 g/mol. The number of benzene rings is 1. The number of esters is 2. The van der Waals surface area contributed by atoms with E-state index in [0.717, 1.165) is 11.1 Å². The Bertz CT molecular complexity index is 453. The molecule has 1 rings (SSSR count). The van der Waals surface area contributed by atoms with E-state index in [4.69, 9.17) is 9.47 Å². The first-order valence-electron chi connectivity index (χ1n) is 6.29. The van der Waals surface area contributed by atoms with Crippen LogP contribution in [0.15, 0.2) is 24.3 Å². The van der Waals surface area contributed by atoms with Crippen LogP contribution in [0.5, 0.6) is 0 Å². The van der Waals surface area contributed by atoms with Crippen LogP contribution in [0.2, 0.25) is 0 Å². The maximum absolute atomic E-state index is 11.2. The van der Waals surface area contributed by atoms with Gasteiger partial charge >= 0.3 is 11.9 Å². The zero-order valence-corrected chi connectivity index (χ0v) is 11.8. The van der Waals surface area contributed by atoms with Gasteiger partial charge in [-0.05, 0) is 25.0 Å². The molecule has 4 heteroatoms. The molecule has 0 saturated carbocycles. The van der Waals surface area contributed by atoms with Crippen LogP contribution < -0.4 is 0 Å². The first kappa shape index (κ1) is 15.2. The van der Waals surface area contributed by atoms with Crippen molar-refractivity contribution in [1.82, 2.24) is 0 Å². The van der Waals surface area contributed by atoms with E-state index in [1.54, 1.807) is 6.92 Å². The minimum Gasteiger partial charge on any atom is -0.459 e. The molecule has 0 saturated heterocycles. The Labute approximate surface area is 113 Å². The van der Waals surface area contributed by atoms with Crippen molar-refractivity contribution < 1.29 is 19.1 Å². The Morgan fingerprint density at radius 2 is 1.68 bits per heavy atom. The molecular weight excluding hydrogens is 244 g/mol. The van der Waals surface area contributed by atoms with E-state index in [2.05, 4.69) is 0 Å². The van der Waals surface area contributed by atoms with Crippen molar-refractivity contribution in [2.24, 2.45) is 0 Å². The van der Waals surface area contributed by atoms with Crippen LogP contribution in [0.4, 0.5) is 0 Å². The smallest absolute Gasteiger partial charge is 0.303 e. The lowest BCUT2D eigenvalue weighted by Crippen LogP contribution is -2.34. The van der Waals surface area contributed by atoms with Gasteiger partial charge in [0.15, 0.2) is 0 Å². The molecule has 0 spiro atoms. The number of hydrogen-bond acceptors (Lipinski definition) is 4. The van der Waals surface area contributed by atoms with E-state index in [1.807, 2.05) is 31.2 Å². The Kier molecular flexibility index (Phi) is 5.55. The maximum atomic E-state index is 11.2. The molecule has 0 heterocycles. The zero-order valence-electron chi connectivity index (χ0n) is 11.8. The highest BCUT2D eigenvalue weighted by Gasteiger charge is 2.23. The van der Waals surface area contributed by atoms with Gasteiger partial charge in [0.2, 0.25) is 0 Å². The molecule has 0 aliphatic heterocycles. The lowest BCUT2D eigenvalue weighted by molar-refractivity contribution is -0.163. The van der Waals surface area contributed by atoms with Crippen LogP contribution in [0.1, 0.15) is 31.9 Å². The highest BCUT2D eigenvalue weighted by atomic mass is 16.6. The third kappa shape index (κ3) is 5.12. The van der Waals surface area contributed by atoms with Crippen LogP contribution in [-0.4, -0.2) is 24.1 Å². The highest BCUT2D eigenvalue weighted by molar-refractivity contribution is 5.67. The van der Waals surface area contributed by atoms with Gasteiger partial charge in [0.1, 0.15) is 12.2 Å². The Balaban J connectivity index is 2.82. The zero-order chi connectivity index (χ0) is 14.4. The van der Waals surface area contributed by atoms with Crippen molar-refractivity contribution in [2.75, 3.05) is 0 Å². The summed E-state index contributed by atoms with van der Waals surface area (Å²) in [5.74, 6) is -0.757. The normalized spacial score (nSPS) is 13.5. The van der Waals surface area contributed by atoms with Crippen molar-refractivity contribution in [3.8, 4) is 0 Å². The predicted octanol–water partition coefficient (Wildman–Crippen LogP) is 2.42. The van der Waals surface area contributed by atoms with Crippen LogP contribution >= 0.6 is 0 Å². The molecule has 1 aromatic rings. The molecule has 0 amide bonds. The average Bonchev–Trinajstić information content (AvgIpc) is 2.29. The van der Waals surface area contributed by atoms with E-state index in [-0.39, 0.29) is 11.9 Å². The van der Waals surface area contributed by atoms with Crippen LogP contribution in [0.3, 0.4) is 0 Å². The van der Waals surface area contributed by atoms with Crippen LogP contribution in [0.25, 0.3) is 0 Å². The number of aryl methyl sites for hydroxylation is 1. The van der Waals surface area contributed by atoms with Crippen molar-refractivity contribution >= 4 is 11.9 Å². The van der Waals surface area contributed by atoms with Gasteiger partial charge in [-0.2, -0.15) is 0 Å². The molecule has 1 aromatic carbocycles. The molecular formula is C15H20O4. The van der Waals surface area contributed by atoms with Crippen molar-refractivity contribution in [3.05, 3.63) is 35.4 Å². The molecule has 19 heavy (non-hydrogen) atoms. The van der Waals surface area contributed by atoms with Crippen LogP contribution in [-0.2, 0) is 25.5 Å². The SMILES string of the molecule is CC(=O)OC(C)C(Cc1ccccc1C)OC(C)=O. The average molecular weight is 264 g/mol. The van der Waals surface area contributed by atoms with Crippen molar-refractivity contribution in [3.63, 3.8) is 0 Å². The fourth-order valence-electron chi connectivity index (χ4n) is 1.91. The molecule has 0 bridgehead atoms. The lowest BCUT2D eigenvalue weighted by Gasteiger charge is -2.24. The van der Waals surface area contributed by atoms with Crippen molar-refractivity contribution in [1.29, 1.82) is 0 Å². The van der Waals surface area contributed by atoms with Gasteiger partial charge in [-0.1, -0.05) is 24.3 Å². The summed E-state index contributed by atoms with van der Waals surface area (Å²) in [5.41, 5.74) is 2.20. The summed E-state index contributed by atoms with van der Waals surface area (Å²) in [6.07, 6.45) is -0.413. The molecule has 2 unspecified atom stereocenters. The fraction of sp³-hybridized carbons (Fsp3) is 0.467. The number of ether oxygens (including phenoxy) is 2. The van der Waals surface area contributed by atoms with E-state index in [0.29, 0.717) is 6.42 Å². The van der Waals surface area contributed by atoms with Gasteiger partial charge in [-0.25, -0.2) is 0 Å². The Morgan fingerprint density at radius 1 is 1.11 bits per heavy atom. The summed E-state index contributed by atoms with van der Waals surface area (Å²) < 4.78 is 10.4. The second-order valence-electron chi connectivity index (χ2n) is 4.59. The van der Waals surface area contributed by atoms with Gasteiger partial charge in [0.05, 0.1) is 0 Å². The molecule has 0 aliphatic rings. The van der Waals surface area contributed by atoms with E-state index in [9.17, 15) is 9.59 Å². The fourth-order valence-corrected chi connectivity index (χ4v) is 1.91. The first-order chi connectivity index (χ1) is 8.90. The molecule has 104 valence electrons. The number of carbonyl (C=O) groups is 2. The van der Waals surface area contributed by atoms with E-state index in [1.165, 1.54) is 13.8 Å². The van der Waals surface area contributed by atoms with Gasteiger partial charge in [-0.3, -0.25) is 9.59 Å². The number of rotatable bonds is 5. The topological polar surface area (TPSA) is 52.6 Å². The van der Waals surface area contributed by atoms with Gasteiger partial charge < -0.3 is 9.47 Å². The summed E-state index contributed by atoms with van der Waals surface area (Å²) in [6, 6.07) is 7.86. The second kappa shape index (κ2) is 6.92. The minimum atomic E-state index is -0.471. The van der Waals surface area contributed by atoms with E-state index >= 15 is 0 Å². The summed E-state index contributed by atoms with van der Waals surface area (Å²) >= 11 is 0. The summed E-state index contributed by atoms with van der Waals surface area (Å²) in [6.45, 7) is 6.42. The molecule has 0 fully saturated rings. The van der Waals surface area contributed by atoms with Gasteiger partial charge in [0, 0.05) is 20.3 Å². The lowest BCUT2D eigenvalue weighted by atomic mass is 10.00. The second-order valence-corrected chi connectivity index (χ2v) is 4.59. The standard InChI is InChI=1S/C15H20O4/c1-10-7-5-6-8-14(10)9-15(19-13(4)17)11(2)18-12(3)16/h5-8,11,15H,9H2,1-4H3. The van der Waals surface area contributed by atoms with Crippen LogP contribution in [0, 0.1) is 6.92 Å². The summed E-state index contributed by atoms with van der Waals surface area (Å²) in [7, 11) is 0. The largest absolute Gasteiger partial charge is 0.459 e. The first-order valence-corrected chi connectivity index (χ1v) is 6.29. The third-order valence-electron chi connectivity index (χ3n) is 2.88. The molecule has 0 aromatic heterocycles. The molecule has 2 atom stereocenters. The van der Waals surface area contributed by atoms with Gasteiger partial charge in [0.25, 0.3) is 0 Å². The number of hydrogen-bond donors (Lipinski definition) is 0. The predicted molar refractivity (Wildman–Crippen MR) is 71.7 cm³/mol. The molecule has 0 radical (unpaired) electrons.